The van der Waals surface area contributed by atoms with Crippen molar-refractivity contribution in [3.05, 3.63) is 16.0 Å². The molecule has 0 N–H and O–H groups in total. The van der Waals surface area contributed by atoms with Gasteiger partial charge in [-0.15, -0.1) is 0 Å². The van der Waals surface area contributed by atoms with Crippen molar-refractivity contribution in [3.63, 3.8) is 0 Å². The van der Waals surface area contributed by atoms with Gasteiger partial charge in [-0.3, -0.25) is 0 Å². The summed E-state index contributed by atoms with van der Waals surface area (Å²) in [7, 11) is 2.09. The lowest BCUT2D eigenvalue weighted by molar-refractivity contribution is 0.339. The first-order valence-corrected chi connectivity index (χ1v) is 7.15. The fourth-order valence-corrected chi connectivity index (χ4v) is 3.00. The highest BCUT2D eigenvalue weighted by Gasteiger charge is 2.24. The van der Waals surface area contributed by atoms with Gasteiger partial charge in [0.15, 0.2) is 0 Å². The van der Waals surface area contributed by atoms with Crippen LogP contribution in [0.2, 0.25) is 5.15 Å². The molecule has 1 aromatic heterocycles. The van der Waals surface area contributed by atoms with Crippen molar-refractivity contribution >= 4 is 33.3 Å². The molecule has 1 aliphatic rings. The van der Waals surface area contributed by atoms with Crippen molar-refractivity contribution in [2.45, 2.75) is 38.6 Å². The van der Waals surface area contributed by atoms with E-state index in [2.05, 4.69) is 44.8 Å². The number of anilines is 1. The van der Waals surface area contributed by atoms with E-state index in [-0.39, 0.29) is 0 Å². The quantitative estimate of drug-likeness (QED) is 0.774. The highest BCUT2D eigenvalue weighted by atomic mass is 79.9. The number of hydrogen-bond donors (Lipinski definition) is 0. The summed E-state index contributed by atoms with van der Waals surface area (Å²) in [6.45, 7) is 2.33. The van der Waals surface area contributed by atoms with E-state index in [1.54, 1.807) is 0 Å². The van der Waals surface area contributed by atoms with E-state index in [1.807, 2.05) is 0 Å². The molecule has 94 valence electrons. The summed E-state index contributed by atoms with van der Waals surface area (Å²) >= 11 is 9.46. The molecule has 0 radical (unpaired) electrons. The number of nitrogens with zero attached hydrogens (tertiary/aromatic N) is 3. The summed E-state index contributed by atoms with van der Waals surface area (Å²) in [4.78, 5) is 10.5. The van der Waals surface area contributed by atoms with Gasteiger partial charge in [0.1, 0.15) is 17.3 Å². The van der Waals surface area contributed by atoms with E-state index in [1.165, 1.54) is 32.0 Å². The Labute approximate surface area is 116 Å². The van der Waals surface area contributed by atoms with E-state index in [4.69, 9.17) is 11.6 Å². The van der Waals surface area contributed by atoms with Crippen molar-refractivity contribution in [2.24, 2.45) is 5.92 Å². The first kappa shape index (κ1) is 13.1. The molecule has 0 saturated heterocycles. The standard InChI is InChI=1S/C12H17BrClN3/c1-8-3-5-9(6-4-8)17(2)12-10(13)11(14)15-7-16-12/h7-9H,3-6H2,1-2H3. The maximum Gasteiger partial charge on any atom is 0.148 e. The van der Waals surface area contributed by atoms with Crippen molar-refractivity contribution in [1.82, 2.24) is 9.97 Å². The lowest BCUT2D eigenvalue weighted by Crippen LogP contribution is -2.35. The van der Waals surface area contributed by atoms with Crippen LogP contribution < -0.4 is 4.90 Å². The van der Waals surface area contributed by atoms with Crippen LogP contribution in [0.25, 0.3) is 0 Å². The van der Waals surface area contributed by atoms with E-state index < -0.39 is 0 Å². The fourth-order valence-electron chi connectivity index (χ4n) is 2.39. The predicted molar refractivity (Wildman–Crippen MR) is 74.6 cm³/mol. The number of hydrogen-bond acceptors (Lipinski definition) is 3. The van der Waals surface area contributed by atoms with Crippen LogP contribution in [0.5, 0.6) is 0 Å². The first-order chi connectivity index (χ1) is 8.09. The van der Waals surface area contributed by atoms with Gasteiger partial charge in [0.25, 0.3) is 0 Å². The molecule has 0 unspecified atom stereocenters. The second-order valence-electron chi connectivity index (χ2n) is 4.83. The molecule has 0 bridgehead atoms. The van der Waals surface area contributed by atoms with Crippen LogP contribution in [0.1, 0.15) is 32.6 Å². The molecule has 1 heterocycles. The fraction of sp³-hybridized carbons (Fsp3) is 0.667. The summed E-state index contributed by atoms with van der Waals surface area (Å²) in [5.41, 5.74) is 0. The molecule has 1 aliphatic carbocycles. The minimum Gasteiger partial charge on any atom is -0.356 e. The zero-order valence-electron chi connectivity index (χ0n) is 10.2. The molecule has 0 amide bonds. The molecule has 17 heavy (non-hydrogen) atoms. The average Bonchev–Trinajstić information content (AvgIpc) is 2.33. The van der Waals surface area contributed by atoms with Gasteiger partial charge >= 0.3 is 0 Å². The van der Waals surface area contributed by atoms with Crippen LogP contribution >= 0.6 is 27.5 Å². The van der Waals surface area contributed by atoms with Gasteiger partial charge in [0.05, 0.1) is 4.47 Å². The molecule has 0 aliphatic heterocycles. The Kier molecular flexibility index (Phi) is 4.26. The lowest BCUT2D eigenvalue weighted by Gasteiger charge is -2.34. The van der Waals surface area contributed by atoms with E-state index >= 15 is 0 Å². The summed E-state index contributed by atoms with van der Waals surface area (Å²) < 4.78 is 0.794. The number of halogens is 2. The molecular formula is C12H17BrClN3. The van der Waals surface area contributed by atoms with Gasteiger partial charge < -0.3 is 4.90 Å². The molecule has 5 heteroatoms. The van der Waals surface area contributed by atoms with Gasteiger partial charge in [-0.2, -0.15) is 0 Å². The summed E-state index contributed by atoms with van der Waals surface area (Å²) in [6.07, 6.45) is 6.57. The van der Waals surface area contributed by atoms with E-state index in [0.717, 1.165) is 16.2 Å². The van der Waals surface area contributed by atoms with Crippen molar-refractivity contribution in [2.75, 3.05) is 11.9 Å². The topological polar surface area (TPSA) is 29.0 Å². The Morgan fingerprint density at radius 3 is 2.59 bits per heavy atom. The molecule has 1 fully saturated rings. The van der Waals surface area contributed by atoms with Crippen LogP contribution in [0.3, 0.4) is 0 Å². The second kappa shape index (κ2) is 5.53. The van der Waals surface area contributed by atoms with Crippen molar-refractivity contribution < 1.29 is 0 Å². The molecule has 1 saturated carbocycles. The Balaban J connectivity index is 2.14. The number of aromatic nitrogens is 2. The Bertz CT molecular complexity index is 391. The van der Waals surface area contributed by atoms with Crippen LogP contribution in [0, 0.1) is 5.92 Å². The predicted octanol–water partition coefficient (Wildman–Crippen LogP) is 3.91. The molecule has 0 aromatic carbocycles. The van der Waals surface area contributed by atoms with Crippen molar-refractivity contribution in [1.29, 1.82) is 0 Å². The maximum absolute atomic E-state index is 6.00. The van der Waals surface area contributed by atoms with Gasteiger partial charge in [0.2, 0.25) is 0 Å². The first-order valence-electron chi connectivity index (χ1n) is 5.98. The maximum atomic E-state index is 6.00. The average molecular weight is 319 g/mol. The zero-order valence-corrected chi connectivity index (χ0v) is 12.5. The largest absolute Gasteiger partial charge is 0.356 e. The minimum absolute atomic E-state index is 0.478. The van der Waals surface area contributed by atoms with Gasteiger partial charge in [-0.1, -0.05) is 18.5 Å². The Morgan fingerprint density at radius 1 is 1.29 bits per heavy atom. The summed E-state index contributed by atoms with van der Waals surface area (Å²) in [5.74, 6) is 1.75. The third-order valence-corrected chi connectivity index (χ3v) is 4.84. The smallest absolute Gasteiger partial charge is 0.148 e. The van der Waals surface area contributed by atoms with Gasteiger partial charge in [-0.25, -0.2) is 9.97 Å². The molecular weight excluding hydrogens is 302 g/mol. The monoisotopic (exact) mass is 317 g/mol. The molecule has 3 nitrogen and oxygen atoms in total. The van der Waals surface area contributed by atoms with Crippen LogP contribution in [-0.2, 0) is 0 Å². The van der Waals surface area contributed by atoms with Crippen LogP contribution in [-0.4, -0.2) is 23.1 Å². The Morgan fingerprint density at radius 2 is 1.94 bits per heavy atom. The van der Waals surface area contributed by atoms with Crippen LogP contribution in [0.15, 0.2) is 10.8 Å². The van der Waals surface area contributed by atoms with Gasteiger partial charge in [-0.05, 0) is 47.5 Å². The second-order valence-corrected chi connectivity index (χ2v) is 5.98. The van der Waals surface area contributed by atoms with Gasteiger partial charge in [0, 0.05) is 13.1 Å². The summed E-state index contributed by atoms with van der Waals surface area (Å²) in [5, 5.41) is 0.478. The number of rotatable bonds is 2. The highest BCUT2D eigenvalue weighted by Crippen LogP contribution is 2.33. The molecule has 0 spiro atoms. The van der Waals surface area contributed by atoms with E-state index in [9.17, 15) is 0 Å². The molecule has 2 rings (SSSR count). The zero-order chi connectivity index (χ0) is 12.4. The lowest BCUT2D eigenvalue weighted by atomic mass is 9.87. The molecule has 0 atom stereocenters. The van der Waals surface area contributed by atoms with Crippen LogP contribution in [0.4, 0.5) is 5.82 Å². The summed E-state index contributed by atoms with van der Waals surface area (Å²) in [6, 6.07) is 0.563. The third kappa shape index (κ3) is 2.91. The van der Waals surface area contributed by atoms with Crippen molar-refractivity contribution in [3.8, 4) is 0 Å². The Hall–Kier alpha value is -0.350. The highest BCUT2D eigenvalue weighted by molar-refractivity contribution is 9.10. The molecule has 1 aromatic rings. The third-order valence-electron chi connectivity index (χ3n) is 3.60. The normalized spacial score (nSPS) is 24.7. The van der Waals surface area contributed by atoms with E-state index in [0.29, 0.717) is 11.2 Å². The SMILES string of the molecule is CC1CCC(N(C)c2ncnc(Cl)c2Br)CC1. The minimum atomic E-state index is 0.478.